The predicted octanol–water partition coefficient (Wildman–Crippen LogP) is 1.74. The largest absolute Gasteiger partial charge is 0.494 e. The average molecular weight is 262 g/mol. The highest BCUT2D eigenvalue weighted by Gasteiger charge is 2.12. The van der Waals surface area contributed by atoms with Gasteiger partial charge >= 0.3 is 0 Å². The first-order chi connectivity index (χ1) is 9.29. The van der Waals surface area contributed by atoms with Crippen molar-refractivity contribution < 1.29 is 9.53 Å². The molecular weight excluding hydrogens is 240 g/mol. The van der Waals surface area contributed by atoms with E-state index in [2.05, 4.69) is 5.32 Å². The summed E-state index contributed by atoms with van der Waals surface area (Å²) in [7, 11) is 0. The molecule has 1 unspecified atom stereocenters. The van der Waals surface area contributed by atoms with Crippen LogP contribution in [0, 0.1) is 0 Å². The summed E-state index contributed by atoms with van der Waals surface area (Å²) in [6.07, 6.45) is 4.87. The fraction of sp³-hybridized carbons (Fsp3) is 0.533. The molecule has 1 saturated heterocycles. The van der Waals surface area contributed by atoms with Gasteiger partial charge in [-0.1, -0.05) is 6.42 Å². The van der Waals surface area contributed by atoms with Crippen molar-refractivity contribution in [2.24, 2.45) is 5.73 Å². The number of rotatable bonds is 6. The zero-order valence-electron chi connectivity index (χ0n) is 11.2. The number of piperidine rings is 1. The van der Waals surface area contributed by atoms with Crippen molar-refractivity contribution in [3.63, 3.8) is 0 Å². The lowest BCUT2D eigenvalue weighted by atomic mass is 10.0. The Morgan fingerprint density at radius 3 is 2.74 bits per heavy atom. The van der Waals surface area contributed by atoms with Crippen molar-refractivity contribution in [3.05, 3.63) is 29.8 Å². The molecule has 0 aromatic heterocycles. The fourth-order valence-corrected chi connectivity index (χ4v) is 2.34. The van der Waals surface area contributed by atoms with Gasteiger partial charge in [-0.3, -0.25) is 4.79 Å². The third kappa shape index (κ3) is 4.33. The maximum absolute atomic E-state index is 11.4. The third-order valence-electron chi connectivity index (χ3n) is 3.51. The van der Waals surface area contributed by atoms with Crippen LogP contribution in [0.5, 0.6) is 5.75 Å². The minimum atomic E-state index is -0.0436. The van der Waals surface area contributed by atoms with Crippen LogP contribution in [-0.4, -0.2) is 31.5 Å². The zero-order valence-corrected chi connectivity index (χ0v) is 11.2. The Kier molecular flexibility index (Phi) is 5.36. The molecule has 1 atom stereocenters. The van der Waals surface area contributed by atoms with E-state index in [4.69, 9.17) is 10.5 Å². The Morgan fingerprint density at radius 1 is 1.32 bits per heavy atom. The number of ether oxygens (including phenoxy) is 1. The Hall–Kier alpha value is -1.39. The number of nitrogens with one attached hydrogen (secondary N) is 1. The molecule has 1 aliphatic heterocycles. The van der Waals surface area contributed by atoms with Crippen molar-refractivity contribution in [2.75, 3.05) is 19.7 Å². The number of benzene rings is 1. The highest BCUT2D eigenvalue weighted by molar-refractivity contribution is 5.97. The summed E-state index contributed by atoms with van der Waals surface area (Å²) in [4.78, 5) is 11.4. The summed E-state index contributed by atoms with van der Waals surface area (Å²) in [6.45, 7) is 1.88. The van der Waals surface area contributed by atoms with Gasteiger partial charge in [0.2, 0.25) is 0 Å². The van der Waals surface area contributed by atoms with Gasteiger partial charge in [-0.05, 0) is 50.1 Å². The number of nitrogens with two attached hydrogens (primary N) is 1. The normalized spacial score (nSPS) is 19.1. The molecule has 0 amide bonds. The van der Waals surface area contributed by atoms with E-state index in [1.165, 1.54) is 19.3 Å². The van der Waals surface area contributed by atoms with Crippen LogP contribution in [-0.2, 0) is 0 Å². The second-order valence-corrected chi connectivity index (χ2v) is 4.94. The molecule has 0 aliphatic carbocycles. The van der Waals surface area contributed by atoms with E-state index in [1.807, 2.05) is 12.1 Å². The molecule has 1 aliphatic rings. The number of Topliss-reactive ketones (excluding diaryl/α,β-unsaturated/α-hetero) is 1. The van der Waals surface area contributed by atoms with Crippen molar-refractivity contribution in [2.45, 2.75) is 31.7 Å². The molecule has 0 radical (unpaired) electrons. The summed E-state index contributed by atoms with van der Waals surface area (Å²) in [5.41, 5.74) is 5.96. The van der Waals surface area contributed by atoms with Crippen LogP contribution in [0.2, 0.25) is 0 Å². The summed E-state index contributed by atoms with van der Waals surface area (Å²) in [5.74, 6) is 0.766. The highest BCUT2D eigenvalue weighted by Crippen LogP contribution is 2.14. The zero-order chi connectivity index (χ0) is 13.5. The van der Waals surface area contributed by atoms with Crippen LogP contribution >= 0.6 is 0 Å². The summed E-state index contributed by atoms with van der Waals surface area (Å²) in [6, 6.07) is 7.79. The van der Waals surface area contributed by atoms with E-state index >= 15 is 0 Å². The number of hydrogen-bond acceptors (Lipinski definition) is 4. The lowest BCUT2D eigenvalue weighted by Crippen LogP contribution is -2.35. The van der Waals surface area contributed by atoms with Gasteiger partial charge in [0.1, 0.15) is 5.75 Å². The number of hydrogen-bond donors (Lipinski definition) is 2. The first kappa shape index (κ1) is 14.0. The average Bonchev–Trinajstić information content (AvgIpc) is 2.48. The van der Waals surface area contributed by atoms with Gasteiger partial charge in [-0.15, -0.1) is 0 Å². The van der Waals surface area contributed by atoms with Gasteiger partial charge in [0.05, 0.1) is 13.2 Å². The molecule has 1 aromatic carbocycles. The fourth-order valence-electron chi connectivity index (χ4n) is 2.34. The SMILES string of the molecule is NCC(=O)c1ccc(OCCC2CCCCN2)cc1. The maximum atomic E-state index is 11.4. The monoisotopic (exact) mass is 262 g/mol. The molecule has 104 valence electrons. The third-order valence-corrected chi connectivity index (χ3v) is 3.51. The molecule has 3 N–H and O–H groups in total. The number of ketones is 1. The van der Waals surface area contributed by atoms with Crippen molar-refractivity contribution >= 4 is 5.78 Å². The molecule has 1 aromatic rings. The molecule has 19 heavy (non-hydrogen) atoms. The lowest BCUT2D eigenvalue weighted by molar-refractivity contribution is 0.100. The second kappa shape index (κ2) is 7.26. The Morgan fingerprint density at radius 2 is 2.11 bits per heavy atom. The van der Waals surface area contributed by atoms with Crippen LogP contribution in [0.1, 0.15) is 36.0 Å². The summed E-state index contributed by atoms with van der Waals surface area (Å²) in [5, 5.41) is 3.50. The van der Waals surface area contributed by atoms with Gasteiger partial charge in [0.25, 0.3) is 0 Å². The molecule has 1 heterocycles. The molecule has 4 heteroatoms. The second-order valence-electron chi connectivity index (χ2n) is 4.94. The van der Waals surface area contributed by atoms with Gasteiger partial charge < -0.3 is 15.8 Å². The topological polar surface area (TPSA) is 64.4 Å². The van der Waals surface area contributed by atoms with Gasteiger partial charge in [0.15, 0.2) is 5.78 Å². The molecule has 0 spiro atoms. The van der Waals surface area contributed by atoms with Crippen LogP contribution in [0.4, 0.5) is 0 Å². The predicted molar refractivity (Wildman–Crippen MR) is 75.6 cm³/mol. The smallest absolute Gasteiger partial charge is 0.176 e. The van der Waals surface area contributed by atoms with E-state index in [9.17, 15) is 4.79 Å². The van der Waals surface area contributed by atoms with E-state index in [1.54, 1.807) is 12.1 Å². The molecule has 0 bridgehead atoms. The highest BCUT2D eigenvalue weighted by atomic mass is 16.5. The number of carbonyl (C=O) groups is 1. The van der Waals surface area contributed by atoms with Crippen molar-refractivity contribution in [1.82, 2.24) is 5.32 Å². The quantitative estimate of drug-likeness (QED) is 0.766. The van der Waals surface area contributed by atoms with E-state index < -0.39 is 0 Å². The van der Waals surface area contributed by atoms with E-state index in [0.717, 1.165) is 18.7 Å². The minimum Gasteiger partial charge on any atom is -0.494 e. The van der Waals surface area contributed by atoms with Crippen LogP contribution in [0.3, 0.4) is 0 Å². The van der Waals surface area contributed by atoms with Crippen molar-refractivity contribution in [3.8, 4) is 5.75 Å². The van der Waals surface area contributed by atoms with E-state index in [-0.39, 0.29) is 12.3 Å². The van der Waals surface area contributed by atoms with Gasteiger partial charge in [0, 0.05) is 11.6 Å². The Bertz CT molecular complexity index is 397. The van der Waals surface area contributed by atoms with Gasteiger partial charge in [-0.25, -0.2) is 0 Å². The van der Waals surface area contributed by atoms with Crippen molar-refractivity contribution in [1.29, 1.82) is 0 Å². The first-order valence-electron chi connectivity index (χ1n) is 6.99. The van der Waals surface area contributed by atoms with Crippen LogP contribution < -0.4 is 15.8 Å². The van der Waals surface area contributed by atoms with Crippen LogP contribution in [0.15, 0.2) is 24.3 Å². The molecule has 1 fully saturated rings. The number of carbonyl (C=O) groups excluding carboxylic acids is 1. The molecule has 0 saturated carbocycles. The first-order valence-corrected chi connectivity index (χ1v) is 6.99. The van der Waals surface area contributed by atoms with Crippen LogP contribution in [0.25, 0.3) is 0 Å². The Labute approximate surface area is 114 Å². The molecular formula is C15H22N2O2. The minimum absolute atomic E-state index is 0.0436. The maximum Gasteiger partial charge on any atom is 0.176 e. The summed E-state index contributed by atoms with van der Waals surface area (Å²) < 4.78 is 5.69. The standard InChI is InChI=1S/C15H22N2O2/c16-11-15(18)12-4-6-14(7-5-12)19-10-8-13-3-1-2-9-17-13/h4-7,13,17H,1-3,8-11,16H2. The summed E-state index contributed by atoms with van der Waals surface area (Å²) >= 11 is 0. The lowest BCUT2D eigenvalue weighted by Gasteiger charge is -2.23. The van der Waals surface area contributed by atoms with Gasteiger partial charge in [-0.2, -0.15) is 0 Å². The molecule has 2 rings (SSSR count). The molecule has 4 nitrogen and oxygen atoms in total. The van der Waals surface area contributed by atoms with E-state index in [0.29, 0.717) is 18.2 Å². The Balaban J connectivity index is 1.75.